The molecule has 1 aliphatic rings. The van der Waals surface area contributed by atoms with Crippen LogP contribution in [0.4, 0.5) is 0 Å². The number of rotatable bonds is 9. The van der Waals surface area contributed by atoms with Gasteiger partial charge >= 0.3 is 5.97 Å². The fourth-order valence-electron chi connectivity index (χ4n) is 3.33. The molecule has 8 heteroatoms. The highest BCUT2D eigenvalue weighted by atomic mass is 16.7. The van der Waals surface area contributed by atoms with Crippen molar-refractivity contribution in [2.45, 2.75) is 24.9 Å². The van der Waals surface area contributed by atoms with Crippen molar-refractivity contribution in [3.05, 3.63) is 59.7 Å². The Morgan fingerprint density at radius 2 is 1.93 bits per heavy atom. The Bertz CT molecular complexity index is 944. The molecular weight excluding hydrogens is 388 g/mol. The Labute approximate surface area is 174 Å². The number of carbonyl (C=O) groups is 2. The molecule has 0 radical (unpaired) electrons. The molecule has 0 fully saturated rings. The summed E-state index contributed by atoms with van der Waals surface area (Å²) >= 11 is 0. The Kier molecular flexibility index (Phi) is 6.56. The molecule has 2 aromatic rings. The van der Waals surface area contributed by atoms with Crippen LogP contribution >= 0.6 is 0 Å². The number of amides is 1. The summed E-state index contributed by atoms with van der Waals surface area (Å²) in [7, 11) is 3.05. The third-order valence-corrected chi connectivity index (χ3v) is 4.89. The lowest BCUT2D eigenvalue weighted by Crippen LogP contribution is -2.49. The van der Waals surface area contributed by atoms with E-state index in [1.807, 2.05) is 30.3 Å². The molecule has 30 heavy (non-hydrogen) atoms. The Morgan fingerprint density at radius 3 is 2.60 bits per heavy atom. The minimum Gasteiger partial charge on any atom is -0.497 e. The molecule has 1 aliphatic heterocycles. The van der Waals surface area contributed by atoms with Crippen molar-refractivity contribution < 1.29 is 29.0 Å². The first-order chi connectivity index (χ1) is 14.5. The van der Waals surface area contributed by atoms with Crippen LogP contribution in [0.15, 0.2) is 53.7 Å². The van der Waals surface area contributed by atoms with Crippen molar-refractivity contribution in [2.24, 2.45) is 5.16 Å². The third kappa shape index (κ3) is 4.71. The van der Waals surface area contributed by atoms with Crippen LogP contribution in [0.25, 0.3) is 0 Å². The standard InChI is InChI=1S/C22H24N2O6/c1-28-16-8-9-19(29-2)17(12-16)18-13-22(30-24-18,14-20(25)26)21(27)23-11-10-15-6-4-3-5-7-15/h3-9,12H,10-11,13-14H2,1-2H3,(H,23,27)(H,25,26). The SMILES string of the molecule is COc1ccc(OC)c(C2=NOC(CC(=O)O)(C(=O)NCCc3ccccc3)C2)c1. The maximum absolute atomic E-state index is 12.9. The lowest BCUT2D eigenvalue weighted by Gasteiger charge is -2.23. The Morgan fingerprint density at radius 1 is 1.17 bits per heavy atom. The summed E-state index contributed by atoms with van der Waals surface area (Å²) in [5, 5.41) is 16.2. The highest BCUT2D eigenvalue weighted by Gasteiger charge is 2.49. The van der Waals surface area contributed by atoms with Gasteiger partial charge in [-0.25, -0.2) is 0 Å². The molecule has 0 aliphatic carbocycles. The number of carboxylic acids is 1. The van der Waals surface area contributed by atoms with Crippen LogP contribution in [-0.4, -0.2) is 49.1 Å². The van der Waals surface area contributed by atoms with E-state index in [9.17, 15) is 14.7 Å². The Balaban J connectivity index is 1.75. The summed E-state index contributed by atoms with van der Waals surface area (Å²) in [6.07, 6.45) is 0.108. The fourth-order valence-corrected chi connectivity index (χ4v) is 3.33. The van der Waals surface area contributed by atoms with E-state index < -0.39 is 23.9 Å². The first-order valence-electron chi connectivity index (χ1n) is 9.49. The zero-order valence-corrected chi connectivity index (χ0v) is 16.9. The van der Waals surface area contributed by atoms with Crippen LogP contribution < -0.4 is 14.8 Å². The molecule has 0 saturated heterocycles. The van der Waals surface area contributed by atoms with Crippen molar-refractivity contribution in [1.82, 2.24) is 5.32 Å². The van der Waals surface area contributed by atoms with Gasteiger partial charge in [0, 0.05) is 18.5 Å². The molecule has 3 rings (SSSR count). The number of carboxylic acid groups (broad SMARTS) is 1. The van der Waals surface area contributed by atoms with Gasteiger partial charge in [-0.2, -0.15) is 0 Å². The second-order valence-electron chi connectivity index (χ2n) is 6.93. The second kappa shape index (κ2) is 9.30. The maximum Gasteiger partial charge on any atom is 0.308 e. The van der Waals surface area contributed by atoms with Gasteiger partial charge in [-0.15, -0.1) is 0 Å². The van der Waals surface area contributed by atoms with Crippen molar-refractivity contribution in [1.29, 1.82) is 0 Å². The number of aliphatic carboxylic acids is 1. The second-order valence-corrected chi connectivity index (χ2v) is 6.93. The third-order valence-electron chi connectivity index (χ3n) is 4.89. The number of nitrogens with one attached hydrogen (secondary N) is 1. The van der Waals surface area contributed by atoms with E-state index in [2.05, 4.69) is 10.5 Å². The normalized spacial score (nSPS) is 17.6. The van der Waals surface area contributed by atoms with Crippen LogP contribution in [0.3, 0.4) is 0 Å². The number of nitrogens with zero attached hydrogens (tertiary/aromatic N) is 1. The van der Waals surface area contributed by atoms with E-state index in [-0.39, 0.29) is 6.42 Å². The molecule has 0 spiro atoms. The van der Waals surface area contributed by atoms with E-state index in [1.165, 1.54) is 14.2 Å². The molecule has 0 aromatic heterocycles. The summed E-state index contributed by atoms with van der Waals surface area (Å²) in [5.41, 5.74) is 0.452. The van der Waals surface area contributed by atoms with Crippen molar-refractivity contribution in [3.63, 3.8) is 0 Å². The maximum atomic E-state index is 12.9. The lowest BCUT2D eigenvalue weighted by molar-refractivity contribution is -0.156. The molecule has 8 nitrogen and oxygen atoms in total. The predicted octanol–water partition coefficient (Wildman–Crippen LogP) is 2.40. The van der Waals surface area contributed by atoms with Gasteiger partial charge in [0.15, 0.2) is 0 Å². The molecule has 2 aromatic carbocycles. The van der Waals surface area contributed by atoms with E-state index in [1.54, 1.807) is 18.2 Å². The van der Waals surface area contributed by atoms with Gasteiger partial charge in [0.05, 0.1) is 26.4 Å². The molecule has 1 amide bonds. The van der Waals surface area contributed by atoms with E-state index >= 15 is 0 Å². The van der Waals surface area contributed by atoms with Crippen molar-refractivity contribution >= 4 is 17.6 Å². The molecular formula is C22H24N2O6. The summed E-state index contributed by atoms with van der Waals surface area (Å²) in [5.74, 6) is -0.561. The number of oxime groups is 1. The quantitative estimate of drug-likeness (QED) is 0.655. The fraction of sp³-hybridized carbons (Fsp3) is 0.318. The highest BCUT2D eigenvalue weighted by molar-refractivity contribution is 6.08. The van der Waals surface area contributed by atoms with Crippen LogP contribution in [0.1, 0.15) is 24.0 Å². The number of benzene rings is 2. The van der Waals surface area contributed by atoms with Crippen LogP contribution in [0.5, 0.6) is 11.5 Å². The molecule has 0 bridgehead atoms. The minimum atomic E-state index is -1.62. The molecule has 1 atom stereocenters. The van der Waals surface area contributed by atoms with Gasteiger partial charge in [-0.05, 0) is 30.2 Å². The minimum absolute atomic E-state index is 0.00000205. The average molecular weight is 412 g/mol. The Hall–Kier alpha value is -3.55. The highest BCUT2D eigenvalue weighted by Crippen LogP contribution is 2.34. The van der Waals surface area contributed by atoms with E-state index in [0.717, 1.165) is 5.56 Å². The number of carbonyl (C=O) groups excluding carboxylic acids is 1. The smallest absolute Gasteiger partial charge is 0.308 e. The van der Waals surface area contributed by atoms with Gasteiger partial charge in [0.1, 0.15) is 11.5 Å². The molecule has 1 heterocycles. The topological polar surface area (TPSA) is 106 Å². The predicted molar refractivity (Wildman–Crippen MR) is 110 cm³/mol. The van der Waals surface area contributed by atoms with Gasteiger partial charge in [0.25, 0.3) is 5.91 Å². The number of methoxy groups -OCH3 is 2. The van der Waals surface area contributed by atoms with Gasteiger partial charge in [-0.3, -0.25) is 9.59 Å². The van der Waals surface area contributed by atoms with Crippen molar-refractivity contribution in [2.75, 3.05) is 20.8 Å². The summed E-state index contributed by atoms with van der Waals surface area (Å²) in [6, 6.07) is 14.8. The average Bonchev–Trinajstić information content (AvgIpc) is 3.18. The first kappa shape index (κ1) is 21.2. The van der Waals surface area contributed by atoms with Gasteiger partial charge in [-0.1, -0.05) is 35.5 Å². The molecule has 2 N–H and O–H groups in total. The number of ether oxygens (including phenoxy) is 2. The van der Waals surface area contributed by atoms with E-state index in [4.69, 9.17) is 14.3 Å². The first-order valence-corrected chi connectivity index (χ1v) is 9.49. The van der Waals surface area contributed by atoms with Gasteiger partial charge in [0.2, 0.25) is 5.60 Å². The largest absolute Gasteiger partial charge is 0.497 e. The summed E-state index contributed by atoms with van der Waals surface area (Å²) in [6.45, 7) is 0.353. The zero-order chi connectivity index (χ0) is 21.6. The number of hydrogen-bond acceptors (Lipinski definition) is 6. The molecule has 1 unspecified atom stereocenters. The number of hydrogen-bond donors (Lipinski definition) is 2. The van der Waals surface area contributed by atoms with Crippen LogP contribution in [0, 0.1) is 0 Å². The molecule has 0 saturated carbocycles. The van der Waals surface area contributed by atoms with Crippen molar-refractivity contribution in [3.8, 4) is 11.5 Å². The summed E-state index contributed by atoms with van der Waals surface area (Å²) < 4.78 is 10.6. The zero-order valence-electron chi connectivity index (χ0n) is 16.9. The summed E-state index contributed by atoms with van der Waals surface area (Å²) in [4.78, 5) is 29.8. The molecule has 158 valence electrons. The lowest BCUT2D eigenvalue weighted by atomic mass is 9.89. The van der Waals surface area contributed by atoms with E-state index in [0.29, 0.717) is 35.7 Å². The monoisotopic (exact) mass is 412 g/mol. The van der Waals surface area contributed by atoms with Crippen LogP contribution in [-0.2, 0) is 20.8 Å². The van der Waals surface area contributed by atoms with Gasteiger partial charge < -0.3 is 24.7 Å². The van der Waals surface area contributed by atoms with Crippen LogP contribution in [0.2, 0.25) is 0 Å².